The van der Waals surface area contributed by atoms with Gasteiger partial charge in [0.15, 0.2) is 0 Å². The molecular weight excluding hydrogens is 390 g/mol. The number of halogens is 2. The molecule has 0 unspecified atom stereocenters. The summed E-state index contributed by atoms with van der Waals surface area (Å²) in [5.41, 5.74) is 3.24. The lowest BCUT2D eigenvalue weighted by Crippen LogP contribution is -2.17. The highest BCUT2D eigenvalue weighted by Gasteiger charge is 2.06. The molecule has 1 aromatic carbocycles. The normalized spacial score (nSPS) is 10.7. The number of carbonyl (C=O) groups is 1. The van der Waals surface area contributed by atoms with E-state index in [1.54, 1.807) is 30.5 Å². The van der Waals surface area contributed by atoms with Crippen LogP contribution in [0.5, 0.6) is 5.75 Å². The standard InChI is InChI=1S/C13H9Br2N3O2/c14-10-4-9(12(19)11(15)5-10)7-17-18-13(20)8-2-1-3-16-6-8/h1-7,19H,(H,18,20). The first-order valence-electron chi connectivity index (χ1n) is 5.49. The van der Waals surface area contributed by atoms with Gasteiger partial charge in [0.1, 0.15) is 5.75 Å². The second kappa shape index (κ2) is 6.62. The molecule has 0 spiro atoms. The number of benzene rings is 1. The molecular formula is C13H9Br2N3O2. The molecule has 0 aliphatic carbocycles. The Morgan fingerprint density at radius 3 is 2.90 bits per heavy atom. The van der Waals surface area contributed by atoms with Crippen LogP contribution in [0.3, 0.4) is 0 Å². The number of aromatic hydroxyl groups is 1. The van der Waals surface area contributed by atoms with E-state index in [0.29, 0.717) is 15.6 Å². The predicted molar refractivity (Wildman–Crippen MR) is 82.8 cm³/mol. The molecule has 7 heteroatoms. The number of nitrogens with one attached hydrogen (secondary N) is 1. The SMILES string of the molecule is O=C(NN=Cc1cc(Br)cc(Br)c1O)c1cccnc1. The number of carbonyl (C=O) groups excluding carboxylic acids is 1. The van der Waals surface area contributed by atoms with Gasteiger partial charge in [-0.1, -0.05) is 15.9 Å². The van der Waals surface area contributed by atoms with E-state index in [4.69, 9.17) is 0 Å². The maximum Gasteiger partial charge on any atom is 0.272 e. The number of amides is 1. The number of phenols is 1. The van der Waals surface area contributed by atoms with Crippen molar-refractivity contribution in [2.45, 2.75) is 0 Å². The number of phenolic OH excluding ortho intramolecular Hbond substituents is 1. The van der Waals surface area contributed by atoms with E-state index in [2.05, 4.69) is 47.4 Å². The average Bonchev–Trinajstić information content (AvgIpc) is 2.44. The van der Waals surface area contributed by atoms with Crippen molar-refractivity contribution in [2.75, 3.05) is 0 Å². The van der Waals surface area contributed by atoms with Crippen LogP contribution in [0.15, 0.2) is 50.7 Å². The molecule has 0 atom stereocenters. The molecule has 0 saturated heterocycles. The van der Waals surface area contributed by atoms with Gasteiger partial charge in [-0.3, -0.25) is 9.78 Å². The molecule has 5 nitrogen and oxygen atoms in total. The summed E-state index contributed by atoms with van der Waals surface area (Å²) in [6.45, 7) is 0. The van der Waals surface area contributed by atoms with Crippen molar-refractivity contribution in [3.63, 3.8) is 0 Å². The average molecular weight is 399 g/mol. The number of aromatic nitrogens is 1. The molecule has 1 amide bonds. The maximum atomic E-state index is 11.7. The minimum Gasteiger partial charge on any atom is -0.506 e. The van der Waals surface area contributed by atoms with Gasteiger partial charge in [-0.05, 0) is 40.2 Å². The second-order valence-corrected chi connectivity index (χ2v) is 5.54. The van der Waals surface area contributed by atoms with E-state index in [-0.39, 0.29) is 11.7 Å². The highest BCUT2D eigenvalue weighted by molar-refractivity contribution is 9.11. The van der Waals surface area contributed by atoms with Crippen molar-refractivity contribution in [1.82, 2.24) is 10.4 Å². The first kappa shape index (κ1) is 14.7. The van der Waals surface area contributed by atoms with Crippen molar-refractivity contribution in [3.8, 4) is 5.75 Å². The van der Waals surface area contributed by atoms with E-state index in [0.717, 1.165) is 4.47 Å². The number of hydrazone groups is 1. The van der Waals surface area contributed by atoms with Crippen LogP contribution in [0.25, 0.3) is 0 Å². The molecule has 1 aromatic heterocycles. The Morgan fingerprint density at radius 1 is 1.40 bits per heavy atom. The van der Waals surface area contributed by atoms with E-state index < -0.39 is 0 Å². The zero-order valence-corrected chi connectivity index (χ0v) is 13.2. The lowest BCUT2D eigenvalue weighted by Gasteiger charge is -2.03. The fourth-order valence-corrected chi connectivity index (χ4v) is 2.66. The minimum atomic E-state index is -0.372. The first-order chi connectivity index (χ1) is 9.58. The zero-order chi connectivity index (χ0) is 14.5. The van der Waals surface area contributed by atoms with Gasteiger partial charge in [0.25, 0.3) is 5.91 Å². The lowest BCUT2D eigenvalue weighted by molar-refractivity contribution is 0.0954. The zero-order valence-electron chi connectivity index (χ0n) is 10.0. The van der Waals surface area contributed by atoms with Crippen LogP contribution in [0.1, 0.15) is 15.9 Å². The summed E-state index contributed by atoms with van der Waals surface area (Å²) in [7, 11) is 0. The third kappa shape index (κ3) is 3.64. The Morgan fingerprint density at radius 2 is 2.20 bits per heavy atom. The monoisotopic (exact) mass is 397 g/mol. The van der Waals surface area contributed by atoms with Crippen LogP contribution >= 0.6 is 31.9 Å². The molecule has 20 heavy (non-hydrogen) atoms. The maximum absolute atomic E-state index is 11.7. The fraction of sp³-hybridized carbons (Fsp3) is 0. The van der Waals surface area contributed by atoms with Crippen LogP contribution in [-0.4, -0.2) is 22.2 Å². The molecule has 0 aliphatic heterocycles. The number of hydrogen-bond donors (Lipinski definition) is 2. The van der Waals surface area contributed by atoms with Crippen molar-refractivity contribution in [2.24, 2.45) is 5.10 Å². The third-order valence-electron chi connectivity index (χ3n) is 2.35. The van der Waals surface area contributed by atoms with E-state index in [1.165, 1.54) is 12.4 Å². The predicted octanol–water partition coefficient (Wildman–Crippen LogP) is 3.08. The largest absolute Gasteiger partial charge is 0.506 e. The van der Waals surface area contributed by atoms with Crippen molar-refractivity contribution in [1.29, 1.82) is 0 Å². The van der Waals surface area contributed by atoms with E-state index in [1.807, 2.05) is 0 Å². The van der Waals surface area contributed by atoms with Gasteiger partial charge in [0, 0.05) is 22.4 Å². The van der Waals surface area contributed by atoms with E-state index in [9.17, 15) is 9.90 Å². The summed E-state index contributed by atoms with van der Waals surface area (Å²) < 4.78 is 1.31. The molecule has 2 N–H and O–H groups in total. The molecule has 0 fully saturated rings. The summed E-state index contributed by atoms with van der Waals surface area (Å²) >= 11 is 6.52. The number of nitrogens with zero attached hydrogens (tertiary/aromatic N) is 2. The lowest BCUT2D eigenvalue weighted by atomic mass is 10.2. The Hall–Kier alpha value is -1.73. The summed E-state index contributed by atoms with van der Waals surface area (Å²) in [5, 5.41) is 13.6. The van der Waals surface area contributed by atoms with Gasteiger partial charge in [-0.15, -0.1) is 0 Å². The number of pyridine rings is 1. The molecule has 0 saturated carbocycles. The second-order valence-electron chi connectivity index (χ2n) is 3.77. The number of hydrogen-bond acceptors (Lipinski definition) is 4. The third-order valence-corrected chi connectivity index (χ3v) is 3.41. The summed E-state index contributed by atoms with van der Waals surface area (Å²) in [5.74, 6) is -0.324. The molecule has 2 aromatic rings. The van der Waals surface area contributed by atoms with Crippen LogP contribution in [0, 0.1) is 0 Å². The Kier molecular flexibility index (Phi) is 4.86. The summed E-state index contributed by atoms with van der Waals surface area (Å²) in [4.78, 5) is 15.6. The minimum absolute atomic E-state index is 0.0487. The number of rotatable bonds is 3. The van der Waals surface area contributed by atoms with Gasteiger partial charge in [-0.25, -0.2) is 5.43 Å². The summed E-state index contributed by atoms with van der Waals surface area (Å²) in [6.07, 6.45) is 4.38. The summed E-state index contributed by atoms with van der Waals surface area (Å²) in [6, 6.07) is 6.68. The molecule has 102 valence electrons. The first-order valence-corrected chi connectivity index (χ1v) is 7.08. The van der Waals surface area contributed by atoms with Gasteiger partial charge in [0.2, 0.25) is 0 Å². The van der Waals surface area contributed by atoms with Gasteiger partial charge in [-0.2, -0.15) is 5.10 Å². The van der Waals surface area contributed by atoms with Crippen molar-refractivity contribution in [3.05, 3.63) is 56.7 Å². The molecule has 1 heterocycles. The smallest absolute Gasteiger partial charge is 0.272 e. The molecule has 0 bridgehead atoms. The van der Waals surface area contributed by atoms with Gasteiger partial charge in [0.05, 0.1) is 16.3 Å². The van der Waals surface area contributed by atoms with Crippen LogP contribution < -0.4 is 5.43 Å². The molecule has 0 radical (unpaired) electrons. The molecule has 2 rings (SSSR count). The van der Waals surface area contributed by atoms with Crippen LogP contribution in [0.4, 0.5) is 0 Å². The van der Waals surface area contributed by atoms with Crippen LogP contribution in [0.2, 0.25) is 0 Å². The molecule has 0 aliphatic rings. The van der Waals surface area contributed by atoms with Gasteiger partial charge >= 0.3 is 0 Å². The van der Waals surface area contributed by atoms with E-state index >= 15 is 0 Å². The van der Waals surface area contributed by atoms with Crippen molar-refractivity contribution >= 4 is 44.0 Å². The quantitative estimate of drug-likeness (QED) is 0.616. The van der Waals surface area contributed by atoms with Crippen LogP contribution in [-0.2, 0) is 0 Å². The Balaban J connectivity index is 2.10. The highest BCUT2D eigenvalue weighted by atomic mass is 79.9. The fourth-order valence-electron chi connectivity index (χ4n) is 1.41. The van der Waals surface area contributed by atoms with Crippen molar-refractivity contribution < 1.29 is 9.90 Å². The Bertz CT molecular complexity index is 660. The highest BCUT2D eigenvalue weighted by Crippen LogP contribution is 2.30. The van der Waals surface area contributed by atoms with Gasteiger partial charge < -0.3 is 5.11 Å². The Labute approximate surface area is 132 Å². The topological polar surface area (TPSA) is 74.6 Å².